The quantitative estimate of drug-likeness (QED) is 0.641. The molecule has 0 bridgehead atoms. The first-order valence-electron chi connectivity index (χ1n) is 5.91. The van der Waals surface area contributed by atoms with Gasteiger partial charge in [0.05, 0.1) is 17.6 Å². The molecule has 3 aromatic rings. The smallest absolute Gasteiger partial charge is 0.323 e. The Morgan fingerprint density at radius 1 is 1.30 bits per heavy atom. The molecule has 3 N–H and O–H groups in total. The van der Waals surface area contributed by atoms with E-state index in [1.165, 1.54) is 0 Å². The van der Waals surface area contributed by atoms with E-state index in [4.69, 9.17) is 4.42 Å². The molecule has 0 radical (unpaired) electrons. The number of amides is 1. The lowest BCUT2D eigenvalue weighted by molar-refractivity contribution is 0.0947. The number of hydrogen-bond donors (Lipinski definition) is 3. The summed E-state index contributed by atoms with van der Waals surface area (Å²) in [5.74, 6) is 0.498. The zero-order valence-corrected chi connectivity index (χ0v) is 10.6. The van der Waals surface area contributed by atoms with Crippen molar-refractivity contribution in [3.8, 4) is 0 Å². The van der Waals surface area contributed by atoms with Crippen molar-refractivity contribution in [1.29, 1.82) is 0 Å². The average Bonchev–Trinajstić information content (AvgIpc) is 2.99. The summed E-state index contributed by atoms with van der Waals surface area (Å²) in [6.45, 7) is 1.83. The van der Waals surface area contributed by atoms with Gasteiger partial charge in [0.1, 0.15) is 0 Å². The zero-order valence-electron chi connectivity index (χ0n) is 10.6. The van der Waals surface area contributed by atoms with Crippen molar-refractivity contribution in [3.05, 3.63) is 46.0 Å². The molecule has 1 aromatic carbocycles. The number of imidazole rings is 1. The van der Waals surface area contributed by atoms with E-state index in [0.717, 1.165) is 0 Å². The minimum Gasteiger partial charge on any atom is -0.424 e. The minimum absolute atomic E-state index is 0.154. The molecule has 0 unspecified atom stereocenters. The Hall–Kier alpha value is -2.90. The molecule has 102 valence electrons. The second kappa shape index (κ2) is 4.65. The van der Waals surface area contributed by atoms with Crippen molar-refractivity contribution in [2.75, 3.05) is 0 Å². The number of nitrogens with zero attached hydrogens (tertiary/aromatic N) is 2. The van der Waals surface area contributed by atoms with Gasteiger partial charge >= 0.3 is 5.69 Å². The van der Waals surface area contributed by atoms with Crippen LogP contribution in [0.3, 0.4) is 0 Å². The van der Waals surface area contributed by atoms with Gasteiger partial charge in [0.2, 0.25) is 11.8 Å². The summed E-state index contributed by atoms with van der Waals surface area (Å²) < 4.78 is 5.15. The minimum atomic E-state index is -0.307. The van der Waals surface area contributed by atoms with Crippen LogP contribution in [0.2, 0.25) is 0 Å². The fourth-order valence-corrected chi connectivity index (χ4v) is 1.84. The SMILES string of the molecule is Cc1nnc(CNC(=O)c2ccc3[nH]c(=O)[nH]c3c2)o1. The first kappa shape index (κ1) is 12.2. The van der Waals surface area contributed by atoms with Crippen molar-refractivity contribution in [2.45, 2.75) is 13.5 Å². The van der Waals surface area contributed by atoms with Crippen molar-refractivity contribution in [3.63, 3.8) is 0 Å². The van der Waals surface area contributed by atoms with Crippen molar-refractivity contribution in [2.24, 2.45) is 0 Å². The molecule has 2 aromatic heterocycles. The van der Waals surface area contributed by atoms with Crippen LogP contribution in [0.5, 0.6) is 0 Å². The number of H-pyrrole nitrogens is 2. The average molecular weight is 273 g/mol. The predicted molar refractivity (Wildman–Crippen MR) is 69.1 cm³/mol. The van der Waals surface area contributed by atoms with Crippen LogP contribution in [-0.2, 0) is 6.54 Å². The molecule has 0 spiro atoms. The fourth-order valence-electron chi connectivity index (χ4n) is 1.84. The highest BCUT2D eigenvalue weighted by molar-refractivity contribution is 5.97. The van der Waals surface area contributed by atoms with Crippen LogP contribution in [-0.4, -0.2) is 26.1 Å². The van der Waals surface area contributed by atoms with Crippen LogP contribution in [0, 0.1) is 6.92 Å². The highest BCUT2D eigenvalue weighted by Crippen LogP contribution is 2.10. The summed E-state index contributed by atoms with van der Waals surface area (Å²) in [6.07, 6.45) is 0. The lowest BCUT2D eigenvalue weighted by Gasteiger charge is -2.02. The number of fused-ring (bicyclic) bond motifs is 1. The van der Waals surface area contributed by atoms with Gasteiger partial charge in [-0.15, -0.1) is 10.2 Å². The molecular weight excluding hydrogens is 262 g/mol. The maximum Gasteiger partial charge on any atom is 0.323 e. The Kier molecular flexibility index (Phi) is 2.82. The third-order valence-electron chi connectivity index (χ3n) is 2.75. The van der Waals surface area contributed by atoms with E-state index in [-0.39, 0.29) is 18.1 Å². The van der Waals surface area contributed by atoms with Gasteiger partial charge in [-0.3, -0.25) is 4.79 Å². The van der Waals surface area contributed by atoms with Gasteiger partial charge in [0, 0.05) is 12.5 Å². The molecular formula is C12H11N5O3. The summed E-state index contributed by atoms with van der Waals surface area (Å²) >= 11 is 0. The van der Waals surface area contributed by atoms with Gasteiger partial charge in [0.15, 0.2) is 0 Å². The number of aryl methyl sites for hydroxylation is 1. The molecule has 8 nitrogen and oxygen atoms in total. The summed E-state index contributed by atoms with van der Waals surface area (Å²) in [4.78, 5) is 28.3. The second-order valence-electron chi connectivity index (χ2n) is 4.24. The largest absolute Gasteiger partial charge is 0.424 e. The Bertz CT molecular complexity index is 829. The van der Waals surface area contributed by atoms with E-state index >= 15 is 0 Å². The number of carbonyl (C=O) groups is 1. The molecule has 8 heteroatoms. The van der Waals surface area contributed by atoms with E-state index in [9.17, 15) is 9.59 Å². The molecule has 0 aliphatic heterocycles. The Morgan fingerprint density at radius 2 is 2.10 bits per heavy atom. The van der Waals surface area contributed by atoms with Gasteiger partial charge in [-0.05, 0) is 18.2 Å². The number of carbonyl (C=O) groups excluding carboxylic acids is 1. The van der Waals surface area contributed by atoms with Gasteiger partial charge in [-0.1, -0.05) is 0 Å². The molecule has 3 rings (SSSR count). The van der Waals surface area contributed by atoms with Crippen LogP contribution in [0.25, 0.3) is 11.0 Å². The van der Waals surface area contributed by atoms with Gasteiger partial charge < -0.3 is 19.7 Å². The summed E-state index contributed by atoms with van der Waals surface area (Å²) in [5, 5.41) is 10.1. The van der Waals surface area contributed by atoms with Crippen LogP contribution in [0.4, 0.5) is 0 Å². The first-order valence-corrected chi connectivity index (χ1v) is 5.91. The standard InChI is InChI=1S/C12H11N5O3/c1-6-16-17-10(20-6)5-13-11(18)7-2-3-8-9(4-7)15-12(19)14-8/h2-4H,5H2,1H3,(H,13,18)(H2,14,15,19). The van der Waals surface area contributed by atoms with Crippen molar-refractivity contribution < 1.29 is 9.21 Å². The van der Waals surface area contributed by atoms with Crippen LogP contribution in [0.1, 0.15) is 22.1 Å². The molecule has 0 fully saturated rings. The molecule has 0 saturated carbocycles. The maximum absolute atomic E-state index is 12.0. The predicted octanol–water partition coefficient (Wildman–Crippen LogP) is 0.478. The van der Waals surface area contributed by atoms with Crippen LogP contribution < -0.4 is 11.0 Å². The third-order valence-corrected chi connectivity index (χ3v) is 2.75. The number of hydrogen-bond acceptors (Lipinski definition) is 5. The normalized spacial score (nSPS) is 10.8. The lowest BCUT2D eigenvalue weighted by atomic mass is 10.2. The molecule has 0 aliphatic carbocycles. The van der Waals surface area contributed by atoms with Gasteiger partial charge in [-0.2, -0.15) is 0 Å². The van der Waals surface area contributed by atoms with Gasteiger partial charge in [-0.25, -0.2) is 4.79 Å². The summed E-state index contributed by atoms with van der Waals surface area (Å²) in [7, 11) is 0. The third kappa shape index (κ3) is 2.30. The molecule has 1 amide bonds. The maximum atomic E-state index is 12.0. The fraction of sp³-hybridized carbons (Fsp3) is 0.167. The highest BCUT2D eigenvalue weighted by Gasteiger charge is 2.09. The topological polar surface area (TPSA) is 117 Å². The number of nitrogens with one attached hydrogen (secondary N) is 3. The van der Waals surface area contributed by atoms with E-state index in [1.54, 1.807) is 25.1 Å². The highest BCUT2D eigenvalue weighted by atomic mass is 16.4. The number of benzene rings is 1. The lowest BCUT2D eigenvalue weighted by Crippen LogP contribution is -2.22. The molecule has 0 aliphatic rings. The summed E-state index contributed by atoms with van der Waals surface area (Å²) in [5.41, 5.74) is 1.36. The second-order valence-corrected chi connectivity index (χ2v) is 4.24. The molecule has 0 saturated heterocycles. The Labute approximate surface area is 112 Å². The van der Waals surface area contributed by atoms with Crippen molar-refractivity contribution in [1.82, 2.24) is 25.5 Å². The van der Waals surface area contributed by atoms with E-state index < -0.39 is 0 Å². The van der Waals surface area contributed by atoms with E-state index in [0.29, 0.717) is 28.4 Å². The van der Waals surface area contributed by atoms with Gasteiger partial charge in [0.25, 0.3) is 5.91 Å². The Morgan fingerprint density at radius 3 is 2.85 bits per heavy atom. The van der Waals surface area contributed by atoms with E-state index in [1.807, 2.05) is 0 Å². The first-order chi connectivity index (χ1) is 9.61. The monoisotopic (exact) mass is 273 g/mol. The molecule has 2 heterocycles. The van der Waals surface area contributed by atoms with E-state index in [2.05, 4.69) is 25.5 Å². The van der Waals surface area contributed by atoms with Crippen molar-refractivity contribution >= 4 is 16.9 Å². The van der Waals surface area contributed by atoms with Crippen LogP contribution >= 0.6 is 0 Å². The number of rotatable bonds is 3. The summed E-state index contributed by atoms with van der Waals surface area (Å²) in [6, 6.07) is 4.89. The number of aromatic amines is 2. The number of aromatic nitrogens is 4. The molecule has 0 atom stereocenters. The zero-order chi connectivity index (χ0) is 14.1. The molecule has 20 heavy (non-hydrogen) atoms. The Balaban J connectivity index is 1.76. The van der Waals surface area contributed by atoms with Crippen LogP contribution in [0.15, 0.2) is 27.4 Å².